The summed E-state index contributed by atoms with van der Waals surface area (Å²) in [6.07, 6.45) is -3.88. The van der Waals surface area contributed by atoms with Gasteiger partial charge in [0.25, 0.3) is 5.91 Å². The molecule has 1 heterocycles. The summed E-state index contributed by atoms with van der Waals surface area (Å²) in [5, 5.41) is 0. The van der Waals surface area contributed by atoms with Crippen molar-refractivity contribution < 1.29 is 31.1 Å². The van der Waals surface area contributed by atoms with Gasteiger partial charge in [-0.2, -0.15) is 26.3 Å². The Balaban J connectivity index is 1.42. The molecule has 0 bridgehead atoms. The molecule has 0 aromatic heterocycles. The summed E-state index contributed by atoms with van der Waals surface area (Å²) < 4.78 is 81.0. The lowest BCUT2D eigenvalue weighted by Crippen LogP contribution is -2.51. The van der Waals surface area contributed by atoms with Gasteiger partial charge in [-0.05, 0) is 73.6 Å². The van der Waals surface area contributed by atoms with Crippen LogP contribution in [0.3, 0.4) is 0 Å². The van der Waals surface area contributed by atoms with Gasteiger partial charge in [0, 0.05) is 36.4 Å². The van der Waals surface area contributed by atoms with Gasteiger partial charge in [-0.1, -0.05) is 55.3 Å². The second kappa shape index (κ2) is 11.9. The van der Waals surface area contributed by atoms with Crippen LogP contribution in [0.4, 0.5) is 32.0 Å². The highest BCUT2D eigenvalue weighted by Gasteiger charge is 2.38. The first-order valence-corrected chi connectivity index (χ1v) is 14.0. The molecular formula is C32H32F6N2O. The third-order valence-corrected chi connectivity index (χ3v) is 8.40. The van der Waals surface area contributed by atoms with Crippen LogP contribution in [0.15, 0.2) is 78.9 Å². The van der Waals surface area contributed by atoms with Crippen molar-refractivity contribution in [2.45, 2.75) is 68.9 Å². The highest BCUT2D eigenvalue weighted by Crippen LogP contribution is 2.39. The predicted octanol–water partition coefficient (Wildman–Crippen LogP) is 8.56. The second-order valence-corrected chi connectivity index (χ2v) is 10.9. The van der Waals surface area contributed by atoms with E-state index < -0.39 is 35.4 Å². The van der Waals surface area contributed by atoms with Gasteiger partial charge >= 0.3 is 12.4 Å². The maximum atomic E-state index is 13.8. The molecule has 1 aliphatic carbocycles. The first-order valence-electron chi connectivity index (χ1n) is 14.0. The maximum Gasteiger partial charge on any atom is 0.416 e. The van der Waals surface area contributed by atoms with Crippen molar-refractivity contribution in [2.75, 3.05) is 18.0 Å². The molecule has 1 aliphatic heterocycles. The molecule has 41 heavy (non-hydrogen) atoms. The number of amides is 1. The number of rotatable bonds is 5. The Morgan fingerprint density at radius 1 is 0.707 bits per heavy atom. The van der Waals surface area contributed by atoms with E-state index in [0.717, 1.165) is 56.0 Å². The molecule has 218 valence electrons. The van der Waals surface area contributed by atoms with Crippen LogP contribution >= 0.6 is 0 Å². The number of hydrogen-bond acceptors (Lipinski definition) is 2. The van der Waals surface area contributed by atoms with Crippen molar-refractivity contribution in [3.63, 3.8) is 0 Å². The van der Waals surface area contributed by atoms with E-state index in [1.807, 2.05) is 18.2 Å². The minimum atomic E-state index is -4.65. The van der Waals surface area contributed by atoms with Crippen molar-refractivity contribution in [1.29, 1.82) is 0 Å². The molecule has 1 saturated heterocycles. The molecular weight excluding hydrogens is 542 g/mol. The molecule has 2 unspecified atom stereocenters. The zero-order chi connectivity index (χ0) is 29.2. The van der Waals surface area contributed by atoms with E-state index >= 15 is 0 Å². The fraction of sp³-hybridized carbons (Fsp3) is 0.406. The Bertz CT molecular complexity index is 1330. The Hall–Kier alpha value is -3.33. The average Bonchev–Trinajstić information content (AvgIpc) is 2.97. The van der Waals surface area contributed by atoms with Crippen LogP contribution in [0.2, 0.25) is 0 Å². The summed E-state index contributed by atoms with van der Waals surface area (Å²) in [4.78, 5) is 17.5. The van der Waals surface area contributed by atoms with Crippen molar-refractivity contribution in [2.24, 2.45) is 0 Å². The molecule has 0 N–H and O–H groups in total. The first-order chi connectivity index (χ1) is 19.5. The number of alkyl halides is 6. The number of anilines is 1. The molecule has 1 amide bonds. The van der Waals surface area contributed by atoms with Crippen LogP contribution in [-0.4, -0.2) is 36.0 Å². The van der Waals surface area contributed by atoms with E-state index in [4.69, 9.17) is 0 Å². The SMILES string of the molecule is O=C(c1cccc(C(F)(F)F)c1)N(c1cccc(C(F)(F)F)c1)C1CCN(C2CCCCC2c2ccccc2)CC1. The number of likely N-dealkylation sites (tertiary alicyclic amines) is 1. The zero-order valence-corrected chi connectivity index (χ0v) is 22.5. The van der Waals surface area contributed by atoms with E-state index in [1.54, 1.807) is 0 Å². The lowest BCUT2D eigenvalue weighted by atomic mass is 9.78. The Morgan fingerprint density at radius 3 is 1.98 bits per heavy atom. The number of halogens is 6. The van der Waals surface area contributed by atoms with Crippen LogP contribution in [0, 0.1) is 0 Å². The topological polar surface area (TPSA) is 23.6 Å². The quantitative estimate of drug-likeness (QED) is 0.285. The lowest BCUT2D eigenvalue weighted by molar-refractivity contribution is -0.138. The van der Waals surface area contributed by atoms with E-state index in [0.29, 0.717) is 37.9 Å². The average molecular weight is 575 g/mol. The zero-order valence-electron chi connectivity index (χ0n) is 22.5. The summed E-state index contributed by atoms with van der Waals surface area (Å²) in [7, 11) is 0. The molecule has 0 radical (unpaired) electrons. The summed E-state index contributed by atoms with van der Waals surface area (Å²) in [5.41, 5.74) is -0.783. The Kier molecular flexibility index (Phi) is 8.45. The van der Waals surface area contributed by atoms with Gasteiger partial charge in [0.1, 0.15) is 0 Å². The number of hydrogen-bond donors (Lipinski definition) is 0. The molecule has 0 spiro atoms. The van der Waals surface area contributed by atoms with Crippen molar-refractivity contribution in [3.8, 4) is 0 Å². The minimum Gasteiger partial charge on any atom is -0.305 e. The number of carbonyl (C=O) groups is 1. The Labute approximate surface area is 235 Å². The normalized spacial score (nSPS) is 21.0. The van der Waals surface area contributed by atoms with Gasteiger partial charge < -0.3 is 4.90 Å². The molecule has 2 atom stereocenters. The van der Waals surface area contributed by atoms with Crippen LogP contribution in [0.5, 0.6) is 0 Å². The highest BCUT2D eigenvalue weighted by atomic mass is 19.4. The van der Waals surface area contributed by atoms with Crippen molar-refractivity contribution in [1.82, 2.24) is 4.90 Å². The monoisotopic (exact) mass is 574 g/mol. The van der Waals surface area contributed by atoms with E-state index in [2.05, 4.69) is 17.0 Å². The molecule has 3 aromatic carbocycles. The summed E-state index contributed by atoms with van der Waals surface area (Å²) >= 11 is 0. The maximum absolute atomic E-state index is 13.8. The van der Waals surface area contributed by atoms with Crippen molar-refractivity contribution >= 4 is 11.6 Å². The molecule has 9 heteroatoms. The van der Waals surface area contributed by atoms with Crippen molar-refractivity contribution in [3.05, 3.63) is 101 Å². The molecule has 3 aromatic rings. The summed E-state index contributed by atoms with van der Waals surface area (Å²) in [5.74, 6) is -0.360. The van der Waals surface area contributed by atoms with Gasteiger partial charge in [0.15, 0.2) is 0 Å². The first kappa shape index (κ1) is 29.2. The number of nitrogens with zero attached hydrogens (tertiary/aromatic N) is 2. The van der Waals surface area contributed by atoms with Gasteiger partial charge in [-0.3, -0.25) is 9.69 Å². The second-order valence-electron chi connectivity index (χ2n) is 10.9. The molecule has 5 rings (SSSR count). The van der Waals surface area contributed by atoms with Crippen LogP contribution in [-0.2, 0) is 12.4 Å². The molecule has 3 nitrogen and oxygen atoms in total. The number of benzene rings is 3. The lowest BCUT2D eigenvalue weighted by Gasteiger charge is -2.45. The van der Waals surface area contributed by atoms with Crippen LogP contribution in [0.1, 0.15) is 71.5 Å². The molecule has 2 fully saturated rings. The van der Waals surface area contributed by atoms with E-state index in [1.165, 1.54) is 28.7 Å². The molecule has 2 aliphatic rings. The van der Waals surface area contributed by atoms with Gasteiger partial charge in [-0.15, -0.1) is 0 Å². The highest BCUT2D eigenvalue weighted by molar-refractivity contribution is 6.06. The summed E-state index contributed by atoms with van der Waals surface area (Å²) in [6.45, 7) is 1.29. The fourth-order valence-corrected chi connectivity index (χ4v) is 6.41. The van der Waals surface area contributed by atoms with E-state index in [-0.39, 0.29) is 11.3 Å². The number of piperidine rings is 1. The molecule has 1 saturated carbocycles. The van der Waals surface area contributed by atoms with E-state index in [9.17, 15) is 31.1 Å². The smallest absolute Gasteiger partial charge is 0.305 e. The minimum absolute atomic E-state index is 0.0283. The number of carbonyl (C=O) groups excluding carboxylic acids is 1. The van der Waals surface area contributed by atoms with Gasteiger partial charge in [-0.25, -0.2) is 0 Å². The largest absolute Gasteiger partial charge is 0.416 e. The van der Waals surface area contributed by atoms with Crippen LogP contribution < -0.4 is 4.90 Å². The standard InChI is InChI=1S/C32H32F6N2O/c33-31(34,35)24-11-6-10-23(20-24)30(41)40(27-13-7-12-25(21-27)32(36,37)38)26-16-18-39(19-17-26)29-15-5-4-14-28(29)22-8-2-1-3-9-22/h1-3,6-13,20-21,26,28-29H,4-5,14-19H2. The third kappa shape index (κ3) is 6.61. The van der Waals surface area contributed by atoms with Gasteiger partial charge in [0.2, 0.25) is 0 Å². The third-order valence-electron chi connectivity index (χ3n) is 8.40. The van der Waals surface area contributed by atoms with Crippen LogP contribution in [0.25, 0.3) is 0 Å². The predicted molar refractivity (Wildman–Crippen MR) is 146 cm³/mol. The Morgan fingerprint density at radius 2 is 1.32 bits per heavy atom. The summed E-state index contributed by atoms with van der Waals surface area (Å²) in [6, 6.07) is 18.8. The van der Waals surface area contributed by atoms with Gasteiger partial charge in [0.05, 0.1) is 11.1 Å². The fourth-order valence-electron chi connectivity index (χ4n) is 6.41.